The predicted molar refractivity (Wildman–Crippen MR) is 93.5 cm³/mol. The van der Waals surface area contributed by atoms with Crippen LogP contribution in [0.2, 0.25) is 10.0 Å². The van der Waals surface area contributed by atoms with E-state index in [2.05, 4.69) is 0 Å². The molecule has 0 saturated heterocycles. The molecular weight excluding hydrogens is 357 g/mol. The standard InChI is InChI=1S/C16H17Cl2NO3S/c1-19(10-13-5-3-4-6-16(13)22-2)23(20,21)11-12-7-8-14(17)15(18)9-12/h3-9H,10-11H2,1-2H3. The Hall–Kier alpha value is -1.27. The molecule has 0 aliphatic rings. The summed E-state index contributed by atoms with van der Waals surface area (Å²) >= 11 is 11.8. The Bertz CT molecular complexity index is 794. The highest BCUT2D eigenvalue weighted by Crippen LogP contribution is 2.25. The van der Waals surface area contributed by atoms with E-state index in [1.54, 1.807) is 38.4 Å². The van der Waals surface area contributed by atoms with Crippen LogP contribution < -0.4 is 4.74 Å². The molecule has 2 aromatic carbocycles. The SMILES string of the molecule is COc1ccccc1CN(C)S(=O)(=O)Cc1ccc(Cl)c(Cl)c1. The van der Waals surface area contributed by atoms with Crippen LogP contribution in [0.4, 0.5) is 0 Å². The number of ether oxygens (including phenoxy) is 1. The summed E-state index contributed by atoms with van der Waals surface area (Å²) in [4.78, 5) is 0. The Morgan fingerprint density at radius 2 is 1.78 bits per heavy atom. The molecule has 0 saturated carbocycles. The van der Waals surface area contributed by atoms with Crippen LogP contribution in [0.3, 0.4) is 0 Å². The molecule has 0 N–H and O–H groups in total. The van der Waals surface area contributed by atoms with Crippen LogP contribution in [0.25, 0.3) is 0 Å². The second-order valence-corrected chi connectivity index (χ2v) is 7.96. The number of methoxy groups -OCH3 is 1. The zero-order valence-corrected chi connectivity index (χ0v) is 15.1. The van der Waals surface area contributed by atoms with Crippen molar-refractivity contribution in [2.24, 2.45) is 0 Å². The lowest BCUT2D eigenvalue weighted by molar-refractivity contribution is 0.398. The molecular formula is C16H17Cl2NO3S. The number of rotatable bonds is 6. The van der Waals surface area contributed by atoms with Crippen molar-refractivity contribution in [3.05, 3.63) is 63.6 Å². The molecule has 4 nitrogen and oxygen atoms in total. The summed E-state index contributed by atoms with van der Waals surface area (Å²) < 4.78 is 31.6. The third kappa shape index (κ3) is 4.61. The number of hydrogen-bond donors (Lipinski definition) is 0. The van der Waals surface area contributed by atoms with Gasteiger partial charge in [-0.15, -0.1) is 0 Å². The van der Waals surface area contributed by atoms with Gasteiger partial charge in [0.2, 0.25) is 10.0 Å². The Labute approximate surface area is 146 Å². The van der Waals surface area contributed by atoms with Gasteiger partial charge in [-0.3, -0.25) is 0 Å². The van der Waals surface area contributed by atoms with Gasteiger partial charge in [0.15, 0.2) is 0 Å². The number of halogens is 2. The topological polar surface area (TPSA) is 46.6 Å². The molecule has 0 spiro atoms. The first-order valence-electron chi connectivity index (χ1n) is 6.83. The molecule has 124 valence electrons. The summed E-state index contributed by atoms with van der Waals surface area (Å²) in [6.45, 7) is 0.230. The molecule has 0 aromatic heterocycles. The van der Waals surface area contributed by atoms with Crippen molar-refractivity contribution in [1.29, 1.82) is 0 Å². The molecule has 0 radical (unpaired) electrons. The Kier molecular flexibility index (Phi) is 5.92. The van der Waals surface area contributed by atoms with Gasteiger partial charge >= 0.3 is 0 Å². The van der Waals surface area contributed by atoms with E-state index in [0.717, 1.165) is 5.56 Å². The van der Waals surface area contributed by atoms with Gasteiger partial charge in [-0.25, -0.2) is 12.7 Å². The molecule has 0 amide bonds. The molecule has 0 unspecified atom stereocenters. The third-order valence-electron chi connectivity index (χ3n) is 3.39. The van der Waals surface area contributed by atoms with Crippen molar-refractivity contribution in [3.8, 4) is 5.75 Å². The van der Waals surface area contributed by atoms with Gasteiger partial charge < -0.3 is 4.74 Å². The van der Waals surface area contributed by atoms with Gasteiger partial charge in [0, 0.05) is 19.2 Å². The summed E-state index contributed by atoms with van der Waals surface area (Å²) in [6.07, 6.45) is 0. The molecule has 0 bridgehead atoms. The smallest absolute Gasteiger partial charge is 0.218 e. The maximum Gasteiger partial charge on any atom is 0.218 e. The second kappa shape index (κ2) is 7.53. The summed E-state index contributed by atoms with van der Waals surface area (Å²) in [7, 11) is -0.391. The molecule has 23 heavy (non-hydrogen) atoms. The molecule has 0 aliphatic carbocycles. The number of nitrogens with zero attached hydrogens (tertiary/aromatic N) is 1. The largest absolute Gasteiger partial charge is 0.496 e. The van der Waals surface area contributed by atoms with E-state index in [0.29, 0.717) is 21.4 Å². The Morgan fingerprint density at radius 3 is 2.43 bits per heavy atom. The summed E-state index contributed by atoms with van der Waals surface area (Å²) in [5.41, 5.74) is 1.39. The average Bonchev–Trinajstić information content (AvgIpc) is 2.51. The highest BCUT2D eigenvalue weighted by molar-refractivity contribution is 7.88. The van der Waals surface area contributed by atoms with Gasteiger partial charge in [0.05, 0.1) is 22.9 Å². The van der Waals surface area contributed by atoms with E-state index in [1.807, 2.05) is 18.2 Å². The van der Waals surface area contributed by atoms with Crippen LogP contribution in [0, 0.1) is 0 Å². The number of hydrogen-bond acceptors (Lipinski definition) is 3. The first-order chi connectivity index (χ1) is 10.8. The van der Waals surface area contributed by atoms with Crippen LogP contribution >= 0.6 is 23.2 Å². The minimum absolute atomic E-state index is 0.143. The highest BCUT2D eigenvalue weighted by atomic mass is 35.5. The Morgan fingerprint density at radius 1 is 1.09 bits per heavy atom. The first kappa shape index (κ1) is 18.1. The van der Waals surface area contributed by atoms with Crippen molar-refractivity contribution >= 4 is 33.2 Å². The number of para-hydroxylation sites is 1. The zero-order valence-electron chi connectivity index (χ0n) is 12.8. The fourth-order valence-corrected chi connectivity index (χ4v) is 3.60. The maximum atomic E-state index is 12.5. The molecule has 0 heterocycles. The van der Waals surface area contributed by atoms with E-state index in [1.165, 1.54) is 4.31 Å². The summed E-state index contributed by atoms with van der Waals surface area (Å²) in [5.74, 6) is 0.513. The molecule has 0 fully saturated rings. The third-order valence-corrected chi connectivity index (χ3v) is 5.91. The quantitative estimate of drug-likeness (QED) is 0.769. The minimum atomic E-state index is -3.49. The molecule has 2 rings (SSSR count). The molecule has 2 aromatic rings. The monoisotopic (exact) mass is 373 g/mol. The highest BCUT2D eigenvalue weighted by Gasteiger charge is 2.20. The second-order valence-electron chi connectivity index (χ2n) is 5.07. The lowest BCUT2D eigenvalue weighted by Crippen LogP contribution is -2.28. The summed E-state index contributed by atoms with van der Waals surface area (Å²) in [5, 5.41) is 0.738. The van der Waals surface area contributed by atoms with Gasteiger partial charge in [-0.1, -0.05) is 47.5 Å². The fourth-order valence-electron chi connectivity index (χ4n) is 2.12. The Balaban J connectivity index is 2.16. The minimum Gasteiger partial charge on any atom is -0.496 e. The molecule has 0 aliphatic heterocycles. The normalized spacial score (nSPS) is 11.7. The van der Waals surface area contributed by atoms with Crippen LogP contribution in [0.5, 0.6) is 5.75 Å². The molecule has 7 heteroatoms. The van der Waals surface area contributed by atoms with Crippen molar-refractivity contribution in [1.82, 2.24) is 4.31 Å². The van der Waals surface area contributed by atoms with E-state index >= 15 is 0 Å². The van der Waals surface area contributed by atoms with Crippen LogP contribution in [-0.4, -0.2) is 26.9 Å². The lowest BCUT2D eigenvalue weighted by atomic mass is 10.2. The van der Waals surface area contributed by atoms with Crippen molar-refractivity contribution in [2.45, 2.75) is 12.3 Å². The lowest BCUT2D eigenvalue weighted by Gasteiger charge is -2.19. The number of sulfonamides is 1. The van der Waals surface area contributed by atoms with E-state index in [-0.39, 0.29) is 12.3 Å². The van der Waals surface area contributed by atoms with Crippen LogP contribution in [-0.2, 0) is 22.3 Å². The van der Waals surface area contributed by atoms with Gasteiger partial charge in [-0.05, 0) is 23.8 Å². The number of benzene rings is 2. The van der Waals surface area contributed by atoms with E-state index in [4.69, 9.17) is 27.9 Å². The predicted octanol–water partition coefficient (Wildman–Crippen LogP) is 3.96. The fraction of sp³-hybridized carbons (Fsp3) is 0.250. The molecule has 0 atom stereocenters. The van der Waals surface area contributed by atoms with Gasteiger partial charge in [-0.2, -0.15) is 0 Å². The van der Waals surface area contributed by atoms with Crippen molar-refractivity contribution in [3.63, 3.8) is 0 Å². The van der Waals surface area contributed by atoms with Crippen LogP contribution in [0.15, 0.2) is 42.5 Å². The van der Waals surface area contributed by atoms with E-state index < -0.39 is 10.0 Å². The van der Waals surface area contributed by atoms with E-state index in [9.17, 15) is 8.42 Å². The first-order valence-corrected chi connectivity index (χ1v) is 9.20. The van der Waals surface area contributed by atoms with Crippen LogP contribution in [0.1, 0.15) is 11.1 Å². The van der Waals surface area contributed by atoms with Gasteiger partial charge in [0.1, 0.15) is 5.75 Å². The average molecular weight is 374 g/mol. The summed E-state index contributed by atoms with van der Waals surface area (Å²) in [6, 6.07) is 12.1. The maximum absolute atomic E-state index is 12.5. The zero-order chi connectivity index (χ0) is 17.0. The van der Waals surface area contributed by atoms with Gasteiger partial charge in [0.25, 0.3) is 0 Å². The van der Waals surface area contributed by atoms with Crippen molar-refractivity contribution < 1.29 is 13.2 Å². The van der Waals surface area contributed by atoms with Crippen molar-refractivity contribution in [2.75, 3.05) is 14.2 Å².